The lowest BCUT2D eigenvalue weighted by Crippen LogP contribution is -2.34. The summed E-state index contributed by atoms with van der Waals surface area (Å²) in [6.07, 6.45) is 2.18. The predicted octanol–water partition coefficient (Wildman–Crippen LogP) is 7.37. The van der Waals surface area contributed by atoms with Gasteiger partial charge in [-0.05, 0) is 76.9 Å². The summed E-state index contributed by atoms with van der Waals surface area (Å²) in [5, 5.41) is 33.2. The number of carboxylic acid groups (broad SMARTS) is 1. The zero-order chi connectivity index (χ0) is 27.4. The van der Waals surface area contributed by atoms with Crippen LogP contribution in [0.2, 0.25) is 0 Å². The van der Waals surface area contributed by atoms with Crippen molar-refractivity contribution in [2.75, 3.05) is 0 Å². The molecule has 2 aromatic heterocycles. The highest BCUT2D eigenvalue weighted by atomic mass is 32.1. The minimum atomic E-state index is -1.03. The number of aromatic amines is 1. The molecule has 196 valence electrons. The number of aromatic hydroxyl groups is 1. The lowest BCUT2D eigenvalue weighted by atomic mass is 9.63. The number of aryl methyl sites for hydroxylation is 1. The molecule has 2 heterocycles. The van der Waals surface area contributed by atoms with Gasteiger partial charge in [-0.15, -0.1) is 21.6 Å². The van der Waals surface area contributed by atoms with Crippen LogP contribution in [0.25, 0.3) is 16.8 Å². The Labute approximate surface area is 224 Å². The molecule has 1 aliphatic carbocycles. The van der Waals surface area contributed by atoms with Crippen molar-refractivity contribution in [1.82, 2.24) is 9.78 Å². The van der Waals surface area contributed by atoms with Gasteiger partial charge in [0.05, 0.1) is 11.4 Å². The van der Waals surface area contributed by atoms with Gasteiger partial charge in [-0.2, -0.15) is 0 Å². The number of aromatic carboxylic acids is 1. The first-order valence-corrected chi connectivity index (χ1v) is 13.3. The lowest BCUT2D eigenvalue weighted by molar-refractivity contribution is 0.0702. The Balaban J connectivity index is 1.50. The molecule has 5 rings (SSSR count). The van der Waals surface area contributed by atoms with Crippen LogP contribution in [0.3, 0.4) is 0 Å². The Morgan fingerprint density at radius 1 is 1.03 bits per heavy atom. The summed E-state index contributed by atoms with van der Waals surface area (Å²) in [5.74, 6) is -1.17. The maximum atomic E-state index is 13.4. The number of fused-ring (bicyclic) bond motifs is 1. The number of nitrogens with one attached hydrogen (secondary N) is 1. The fraction of sp³-hybridized carbons (Fsp3) is 0.310. The summed E-state index contributed by atoms with van der Waals surface area (Å²) >= 11 is 1.08. The SMILES string of the molecule is Cc1[nH]n(-c2ccc3c(c2)C(C)(C)CCC3(C)C)c(=O)c1N=Nc1cccc(-c2csc(C(=O)O)c2)c1O. The number of aromatic nitrogens is 2. The monoisotopic (exact) mass is 530 g/mol. The van der Waals surface area contributed by atoms with Crippen LogP contribution >= 0.6 is 11.3 Å². The molecule has 4 aromatic rings. The molecule has 0 bridgehead atoms. The molecule has 0 saturated heterocycles. The first-order chi connectivity index (χ1) is 17.9. The van der Waals surface area contributed by atoms with Crippen molar-refractivity contribution >= 4 is 28.7 Å². The second-order valence-corrected chi connectivity index (χ2v) is 12.0. The van der Waals surface area contributed by atoms with E-state index in [0.717, 1.165) is 29.9 Å². The fourth-order valence-electron chi connectivity index (χ4n) is 5.09. The molecule has 38 heavy (non-hydrogen) atoms. The van der Waals surface area contributed by atoms with Crippen LogP contribution in [0.4, 0.5) is 11.4 Å². The number of azo groups is 1. The van der Waals surface area contributed by atoms with E-state index in [1.165, 1.54) is 21.9 Å². The molecular weight excluding hydrogens is 500 g/mol. The number of para-hydroxylation sites is 1. The van der Waals surface area contributed by atoms with E-state index >= 15 is 0 Å². The summed E-state index contributed by atoms with van der Waals surface area (Å²) in [6, 6.07) is 12.6. The molecule has 0 fully saturated rings. The van der Waals surface area contributed by atoms with E-state index < -0.39 is 5.97 Å². The third-order valence-electron chi connectivity index (χ3n) is 7.53. The first kappa shape index (κ1) is 25.7. The summed E-state index contributed by atoms with van der Waals surface area (Å²) in [7, 11) is 0. The number of phenols is 1. The Hall–Kier alpha value is -3.98. The van der Waals surface area contributed by atoms with Crippen LogP contribution in [-0.2, 0) is 10.8 Å². The lowest BCUT2D eigenvalue weighted by Gasteiger charge is -2.42. The minimum Gasteiger partial charge on any atom is -0.505 e. The Bertz CT molecular complexity index is 1660. The van der Waals surface area contributed by atoms with Crippen LogP contribution in [0.5, 0.6) is 5.75 Å². The topological polar surface area (TPSA) is 120 Å². The van der Waals surface area contributed by atoms with Gasteiger partial charge < -0.3 is 10.2 Å². The zero-order valence-electron chi connectivity index (χ0n) is 22.0. The van der Waals surface area contributed by atoms with Crippen molar-refractivity contribution in [2.45, 2.75) is 58.3 Å². The Morgan fingerprint density at radius 2 is 1.74 bits per heavy atom. The van der Waals surface area contributed by atoms with E-state index in [-0.39, 0.29) is 38.4 Å². The van der Waals surface area contributed by atoms with Crippen LogP contribution in [0.1, 0.15) is 67.0 Å². The second-order valence-electron chi connectivity index (χ2n) is 11.1. The third-order valence-corrected chi connectivity index (χ3v) is 8.45. The van der Waals surface area contributed by atoms with Crippen molar-refractivity contribution in [1.29, 1.82) is 0 Å². The molecule has 0 amide bonds. The van der Waals surface area contributed by atoms with E-state index in [9.17, 15) is 19.8 Å². The van der Waals surface area contributed by atoms with Crippen molar-refractivity contribution in [3.05, 3.63) is 79.9 Å². The average Bonchev–Trinajstić information content (AvgIpc) is 3.46. The van der Waals surface area contributed by atoms with E-state index in [1.54, 1.807) is 30.5 Å². The van der Waals surface area contributed by atoms with Gasteiger partial charge in [-0.1, -0.05) is 45.9 Å². The number of nitrogens with zero attached hydrogens (tertiary/aromatic N) is 3. The van der Waals surface area contributed by atoms with E-state index in [1.807, 2.05) is 6.07 Å². The molecule has 0 atom stereocenters. The highest BCUT2D eigenvalue weighted by molar-refractivity contribution is 7.12. The molecule has 3 N–H and O–H groups in total. The molecule has 0 saturated carbocycles. The number of hydrogen-bond donors (Lipinski definition) is 3. The van der Waals surface area contributed by atoms with Gasteiger partial charge in [-0.3, -0.25) is 9.89 Å². The van der Waals surface area contributed by atoms with Crippen molar-refractivity contribution in [3.8, 4) is 22.6 Å². The molecular formula is C29H30N4O4S. The van der Waals surface area contributed by atoms with Crippen LogP contribution in [0, 0.1) is 6.92 Å². The van der Waals surface area contributed by atoms with E-state index in [2.05, 4.69) is 55.2 Å². The number of carbonyl (C=O) groups is 1. The number of benzene rings is 2. The van der Waals surface area contributed by atoms with Crippen LogP contribution in [-0.4, -0.2) is 26.0 Å². The van der Waals surface area contributed by atoms with Gasteiger partial charge in [-0.25, -0.2) is 9.48 Å². The van der Waals surface area contributed by atoms with Gasteiger partial charge in [0.25, 0.3) is 5.56 Å². The van der Waals surface area contributed by atoms with Crippen molar-refractivity contribution < 1.29 is 15.0 Å². The maximum Gasteiger partial charge on any atom is 0.345 e. The molecule has 0 unspecified atom stereocenters. The number of thiophene rings is 1. The van der Waals surface area contributed by atoms with Crippen LogP contribution < -0.4 is 5.56 Å². The molecule has 0 spiro atoms. The standard InChI is InChI=1S/C29H30N4O4S/c1-16-24(31-30-22-8-6-7-19(25(22)34)17-13-23(27(36)37)38-15-17)26(35)33(32-16)18-9-10-20-21(14-18)29(4,5)12-11-28(20,2)3/h6-10,13-15,32,34H,11-12H2,1-5H3,(H,36,37). The van der Waals surface area contributed by atoms with Crippen LogP contribution in [0.15, 0.2) is 62.9 Å². The summed E-state index contributed by atoms with van der Waals surface area (Å²) in [5.41, 5.74) is 4.92. The van der Waals surface area contributed by atoms with Gasteiger partial charge >= 0.3 is 5.97 Å². The molecule has 0 aliphatic heterocycles. The fourth-order valence-corrected chi connectivity index (χ4v) is 5.84. The summed E-state index contributed by atoms with van der Waals surface area (Å²) < 4.78 is 1.48. The number of rotatable bonds is 5. The van der Waals surface area contributed by atoms with E-state index in [4.69, 9.17) is 0 Å². The quantitative estimate of drug-likeness (QED) is 0.233. The highest BCUT2D eigenvalue weighted by Gasteiger charge is 2.37. The number of carboxylic acids is 1. The third kappa shape index (κ3) is 4.36. The van der Waals surface area contributed by atoms with Gasteiger partial charge in [0.15, 0.2) is 11.4 Å². The first-order valence-electron chi connectivity index (χ1n) is 12.4. The molecule has 2 aromatic carbocycles. The number of H-pyrrole nitrogens is 1. The number of hydrogen-bond acceptors (Lipinski definition) is 6. The normalized spacial score (nSPS) is 16.0. The molecule has 0 radical (unpaired) electrons. The average molecular weight is 531 g/mol. The Kier molecular flexibility index (Phi) is 6.14. The summed E-state index contributed by atoms with van der Waals surface area (Å²) in [6.45, 7) is 10.8. The number of phenolic OH excluding ortho intramolecular Hbond substituents is 1. The largest absolute Gasteiger partial charge is 0.505 e. The van der Waals surface area contributed by atoms with Gasteiger partial charge in [0.1, 0.15) is 10.6 Å². The molecule has 8 nitrogen and oxygen atoms in total. The predicted molar refractivity (Wildman–Crippen MR) is 149 cm³/mol. The molecule has 9 heteroatoms. The van der Waals surface area contributed by atoms with Gasteiger partial charge in [0.2, 0.25) is 0 Å². The van der Waals surface area contributed by atoms with E-state index in [0.29, 0.717) is 16.8 Å². The molecule has 1 aliphatic rings. The smallest absolute Gasteiger partial charge is 0.345 e. The minimum absolute atomic E-state index is 0.00483. The van der Waals surface area contributed by atoms with Crippen molar-refractivity contribution in [2.24, 2.45) is 10.2 Å². The van der Waals surface area contributed by atoms with Gasteiger partial charge in [0, 0.05) is 5.56 Å². The second kappa shape index (κ2) is 9.09. The summed E-state index contributed by atoms with van der Waals surface area (Å²) in [4.78, 5) is 24.8. The zero-order valence-corrected chi connectivity index (χ0v) is 22.8. The maximum absolute atomic E-state index is 13.4. The Morgan fingerprint density at radius 3 is 2.42 bits per heavy atom. The van der Waals surface area contributed by atoms with Crippen molar-refractivity contribution in [3.63, 3.8) is 0 Å². The highest BCUT2D eigenvalue weighted by Crippen LogP contribution is 2.46.